The first kappa shape index (κ1) is 18.0. The normalized spacial score (nSPS) is 11.0. The average molecular weight is 293 g/mol. The predicted molar refractivity (Wildman–Crippen MR) is 87.6 cm³/mol. The van der Waals surface area contributed by atoms with Gasteiger partial charge in [0.15, 0.2) is 0 Å². The minimum atomic E-state index is 0.290. The van der Waals surface area contributed by atoms with Crippen LogP contribution in [-0.2, 0) is 6.42 Å². The molecule has 0 aliphatic rings. The molecule has 0 amide bonds. The first-order chi connectivity index (χ1) is 10.2. The van der Waals surface area contributed by atoms with Gasteiger partial charge in [0.25, 0.3) is 0 Å². The summed E-state index contributed by atoms with van der Waals surface area (Å²) in [6.45, 7) is 2.19. The number of unbranched alkanes of at least 4 members (excludes halogenated alkanes) is 9. The summed E-state index contributed by atoms with van der Waals surface area (Å²) in [5, 5.41) is 18.1. The molecule has 0 aromatic carbocycles. The molecular formula is C18H31NO2. The highest BCUT2D eigenvalue weighted by molar-refractivity contribution is 5.26. The molecule has 21 heavy (non-hydrogen) atoms. The summed E-state index contributed by atoms with van der Waals surface area (Å²) >= 11 is 0. The second-order valence-corrected chi connectivity index (χ2v) is 5.92. The molecule has 0 aliphatic heterocycles. The molecule has 0 saturated carbocycles. The van der Waals surface area contributed by atoms with Gasteiger partial charge < -0.3 is 10.2 Å². The Hall–Kier alpha value is -1.09. The lowest BCUT2D eigenvalue weighted by Crippen LogP contribution is -1.93. The first-order valence-electron chi connectivity index (χ1n) is 8.50. The van der Waals surface area contributed by atoms with Crippen LogP contribution in [0.2, 0.25) is 0 Å². The maximum atomic E-state index is 9.43. The number of hydrogen-bond acceptors (Lipinski definition) is 3. The standard InChI is InChI=1S/C18H31NO2/c1-16-18(21)14-13-17(19-16)12-10-8-6-4-2-3-5-7-9-11-15-20/h13-14,20-21H,2-12,15H2,1H3. The third kappa shape index (κ3) is 8.71. The number of hydrogen-bond donors (Lipinski definition) is 2. The third-order valence-corrected chi connectivity index (χ3v) is 3.96. The molecule has 1 heterocycles. The summed E-state index contributed by atoms with van der Waals surface area (Å²) in [7, 11) is 0. The van der Waals surface area contributed by atoms with Crippen molar-refractivity contribution in [3.8, 4) is 5.75 Å². The highest BCUT2D eigenvalue weighted by atomic mass is 16.3. The lowest BCUT2D eigenvalue weighted by atomic mass is 10.0. The Balaban J connectivity index is 1.91. The largest absolute Gasteiger partial charge is 0.506 e. The van der Waals surface area contributed by atoms with Crippen LogP contribution in [0.4, 0.5) is 0 Å². The zero-order valence-electron chi connectivity index (χ0n) is 13.5. The van der Waals surface area contributed by atoms with Gasteiger partial charge in [0, 0.05) is 12.3 Å². The maximum Gasteiger partial charge on any atom is 0.136 e. The van der Waals surface area contributed by atoms with Gasteiger partial charge in [0.2, 0.25) is 0 Å². The number of nitrogens with zero attached hydrogens (tertiary/aromatic N) is 1. The van der Waals surface area contributed by atoms with E-state index in [4.69, 9.17) is 5.11 Å². The molecule has 0 spiro atoms. The Morgan fingerprint density at radius 1 is 0.810 bits per heavy atom. The molecule has 2 N–H and O–H groups in total. The van der Waals surface area contributed by atoms with Gasteiger partial charge >= 0.3 is 0 Å². The molecule has 0 radical (unpaired) electrons. The topological polar surface area (TPSA) is 53.4 Å². The molecule has 0 fully saturated rings. The smallest absolute Gasteiger partial charge is 0.136 e. The summed E-state index contributed by atoms with van der Waals surface area (Å²) in [5.41, 5.74) is 1.82. The monoisotopic (exact) mass is 293 g/mol. The van der Waals surface area contributed by atoms with Crippen LogP contribution in [0.5, 0.6) is 5.75 Å². The summed E-state index contributed by atoms with van der Waals surface area (Å²) in [6, 6.07) is 3.67. The molecule has 0 atom stereocenters. The first-order valence-corrected chi connectivity index (χ1v) is 8.50. The fourth-order valence-electron chi connectivity index (χ4n) is 2.58. The quantitative estimate of drug-likeness (QED) is 0.557. The fourth-order valence-corrected chi connectivity index (χ4v) is 2.58. The number of aliphatic hydroxyl groups is 1. The third-order valence-electron chi connectivity index (χ3n) is 3.96. The Kier molecular flexibility index (Phi) is 9.88. The number of aryl methyl sites for hydroxylation is 2. The Morgan fingerprint density at radius 3 is 1.86 bits per heavy atom. The molecule has 0 bridgehead atoms. The molecule has 1 rings (SSSR count). The van der Waals surface area contributed by atoms with E-state index in [2.05, 4.69) is 4.98 Å². The van der Waals surface area contributed by atoms with Crippen molar-refractivity contribution in [2.45, 2.75) is 77.6 Å². The molecule has 1 aromatic heterocycles. The van der Waals surface area contributed by atoms with Crippen molar-refractivity contribution < 1.29 is 10.2 Å². The van der Waals surface area contributed by atoms with Crippen molar-refractivity contribution in [1.29, 1.82) is 0 Å². The number of aromatic nitrogens is 1. The van der Waals surface area contributed by atoms with Crippen LogP contribution in [0.3, 0.4) is 0 Å². The number of aliphatic hydroxyl groups excluding tert-OH is 1. The van der Waals surface area contributed by atoms with E-state index in [9.17, 15) is 5.11 Å². The number of aromatic hydroxyl groups is 1. The van der Waals surface area contributed by atoms with E-state index >= 15 is 0 Å². The Labute approximate surface area is 129 Å². The van der Waals surface area contributed by atoms with Crippen LogP contribution in [0.25, 0.3) is 0 Å². The van der Waals surface area contributed by atoms with Crippen molar-refractivity contribution in [3.05, 3.63) is 23.5 Å². The summed E-state index contributed by atoms with van der Waals surface area (Å²) in [4.78, 5) is 4.39. The van der Waals surface area contributed by atoms with E-state index in [0.29, 0.717) is 6.61 Å². The molecule has 0 unspecified atom stereocenters. The van der Waals surface area contributed by atoms with E-state index in [0.717, 1.165) is 24.2 Å². The van der Waals surface area contributed by atoms with Crippen molar-refractivity contribution in [2.24, 2.45) is 0 Å². The van der Waals surface area contributed by atoms with Gasteiger partial charge in [0.1, 0.15) is 5.75 Å². The van der Waals surface area contributed by atoms with Crippen LogP contribution in [0.1, 0.15) is 75.6 Å². The predicted octanol–water partition coefficient (Wildman–Crippen LogP) is 4.53. The molecule has 1 aromatic rings. The Morgan fingerprint density at radius 2 is 1.33 bits per heavy atom. The molecular weight excluding hydrogens is 262 g/mol. The molecule has 0 aliphatic carbocycles. The van der Waals surface area contributed by atoms with Crippen molar-refractivity contribution in [3.63, 3.8) is 0 Å². The molecule has 3 heteroatoms. The van der Waals surface area contributed by atoms with Gasteiger partial charge in [-0.25, -0.2) is 0 Å². The lowest BCUT2D eigenvalue weighted by molar-refractivity contribution is 0.282. The SMILES string of the molecule is Cc1nc(CCCCCCCCCCCCO)ccc1O. The molecule has 3 nitrogen and oxygen atoms in total. The van der Waals surface area contributed by atoms with Gasteiger partial charge in [-0.15, -0.1) is 0 Å². The summed E-state index contributed by atoms with van der Waals surface area (Å²) in [5.74, 6) is 0.290. The lowest BCUT2D eigenvalue weighted by Gasteiger charge is -2.04. The average Bonchev–Trinajstić information content (AvgIpc) is 2.48. The maximum absolute atomic E-state index is 9.43. The van der Waals surface area contributed by atoms with E-state index in [1.807, 2.05) is 13.0 Å². The van der Waals surface area contributed by atoms with Crippen molar-refractivity contribution in [1.82, 2.24) is 4.98 Å². The summed E-state index contributed by atoms with van der Waals surface area (Å²) in [6.07, 6.45) is 13.5. The van der Waals surface area contributed by atoms with Crippen LogP contribution in [-0.4, -0.2) is 21.8 Å². The zero-order chi connectivity index (χ0) is 15.3. The highest BCUT2D eigenvalue weighted by Crippen LogP contribution is 2.15. The molecule has 120 valence electrons. The highest BCUT2D eigenvalue weighted by Gasteiger charge is 2.00. The van der Waals surface area contributed by atoms with Crippen LogP contribution < -0.4 is 0 Å². The van der Waals surface area contributed by atoms with E-state index in [1.165, 1.54) is 57.8 Å². The van der Waals surface area contributed by atoms with Crippen LogP contribution in [0, 0.1) is 6.92 Å². The van der Waals surface area contributed by atoms with Crippen molar-refractivity contribution in [2.75, 3.05) is 6.61 Å². The zero-order valence-corrected chi connectivity index (χ0v) is 13.5. The fraction of sp³-hybridized carbons (Fsp3) is 0.722. The summed E-state index contributed by atoms with van der Waals surface area (Å²) < 4.78 is 0. The van der Waals surface area contributed by atoms with E-state index in [-0.39, 0.29) is 5.75 Å². The van der Waals surface area contributed by atoms with E-state index < -0.39 is 0 Å². The van der Waals surface area contributed by atoms with Gasteiger partial charge in [0.05, 0.1) is 5.69 Å². The molecule has 0 saturated heterocycles. The van der Waals surface area contributed by atoms with Gasteiger partial charge in [-0.1, -0.05) is 51.4 Å². The van der Waals surface area contributed by atoms with Crippen LogP contribution >= 0.6 is 0 Å². The van der Waals surface area contributed by atoms with Crippen LogP contribution in [0.15, 0.2) is 12.1 Å². The minimum absolute atomic E-state index is 0.290. The van der Waals surface area contributed by atoms with E-state index in [1.54, 1.807) is 6.07 Å². The Bertz CT molecular complexity index is 379. The number of pyridine rings is 1. The number of rotatable bonds is 12. The second kappa shape index (κ2) is 11.6. The van der Waals surface area contributed by atoms with Gasteiger partial charge in [-0.2, -0.15) is 0 Å². The minimum Gasteiger partial charge on any atom is -0.506 e. The van der Waals surface area contributed by atoms with Crippen molar-refractivity contribution >= 4 is 0 Å². The van der Waals surface area contributed by atoms with Gasteiger partial charge in [-0.3, -0.25) is 4.98 Å². The second-order valence-electron chi connectivity index (χ2n) is 5.92. The van der Waals surface area contributed by atoms with Gasteiger partial charge in [-0.05, 0) is 38.3 Å².